The third-order valence-corrected chi connectivity index (χ3v) is 7.76. The molecule has 198 valence electrons. The molecule has 1 saturated carbocycles. The van der Waals surface area contributed by atoms with Crippen LogP contribution in [0.2, 0.25) is 5.02 Å². The van der Waals surface area contributed by atoms with E-state index in [4.69, 9.17) is 16.3 Å². The van der Waals surface area contributed by atoms with Crippen LogP contribution in [0.15, 0.2) is 23.0 Å². The van der Waals surface area contributed by atoms with E-state index in [1.165, 1.54) is 0 Å². The SMILES string of the molecule is CCN(c1cc(Cl)cc(C(=O)NCc2c(C)cc(C)[nH]c2=O)c1C)[C@H]1CC[C@H](N(C)CCOC)CC1. The van der Waals surface area contributed by atoms with Crippen LogP contribution >= 0.6 is 11.6 Å². The fourth-order valence-electron chi connectivity index (χ4n) is 5.42. The highest BCUT2D eigenvalue weighted by atomic mass is 35.5. The second-order valence-electron chi connectivity index (χ2n) is 9.94. The zero-order valence-electron chi connectivity index (χ0n) is 22.5. The molecule has 0 bridgehead atoms. The molecular formula is C28H41ClN4O3. The number of likely N-dealkylation sites (N-methyl/N-ethyl adjacent to an activating group) is 1. The number of hydrogen-bond acceptors (Lipinski definition) is 5. The van der Waals surface area contributed by atoms with Crippen molar-refractivity contribution in [1.29, 1.82) is 0 Å². The average Bonchev–Trinajstić information content (AvgIpc) is 2.84. The summed E-state index contributed by atoms with van der Waals surface area (Å²) in [6.07, 6.45) is 4.47. The van der Waals surface area contributed by atoms with Crippen LogP contribution in [0.4, 0.5) is 5.69 Å². The lowest BCUT2D eigenvalue weighted by molar-refractivity contribution is 0.0950. The minimum atomic E-state index is -0.227. The Morgan fingerprint density at radius 3 is 2.42 bits per heavy atom. The van der Waals surface area contributed by atoms with Gasteiger partial charge in [-0.25, -0.2) is 0 Å². The second kappa shape index (κ2) is 12.7. The number of carbonyl (C=O) groups excluding carboxylic acids is 1. The molecule has 7 nitrogen and oxygen atoms in total. The molecule has 8 heteroatoms. The standard InChI is InChI=1S/C28H41ClN4O3/c1-7-33(23-10-8-22(9-11-23)32(5)12-13-36-6)26-16-21(29)15-24(20(26)4)27(34)30-17-25-18(2)14-19(3)31-28(25)35/h14-16,22-23H,7-13,17H2,1-6H3,(H,30,34)(H,31,35)/t22-,23-. The first-order valence-corrected chi connectivity index (χ1v) is 13.3. The van der Waals surface area contributed by atoms with Crippen LogP contribution in [0.1, 0.15) is 65.3 Å². The van der Waals surface area contributed by atoms with Crippen molar-refractivity contribution >= 4 is 23.2 Å². The van der Waals surface area contributed by atoms with Gasteiger partial charge in [0.05, 0.1) is 6.61 Å². The molecule has 1 aromatic heterocycles. The maximum atomic E-state index is 13.2. The Morgan fingerprint density at radius 1 is 1.14 bits per heavy atom. The number of anilines is 1. The number of H-pyrrole nitrogens is 1. The number of rotatable bonds is 10. The minimum Gasteiger partial charge on any atom is -0.383 e. The number of benzene rings is 1. The van der Waals surface area contributed by atoms with Crippen LogP contribution in [0.5, 0.6) is 0 Å². The number of ether oxygens (including phenoxy) is 1. The maximum absolute atomic E-state index is 13.2. The van der Waals surface area contributed by atoms with Crippen LogP contribution < -0.4 is 15.8 Å². The summed E-state index contributed by atoms with van der Waals surface area (Å²) in [4.78, 5) is 33.2. The summed E-state index contributed by atoms with van der Waals surface area (Å²) in [6, 6.07) is 6.59. The zero-order valence-corrected chi connectivity index (χ0v) is 23.3. The van der Waals surface area contributed by atoms with Crippen molar-refractivity contribution in [2.24, 2.45) is 0 Å². The summed E-state index contributed by atoms with van der Waals surface area (Å²) in [5.41, 5.74) is 4.53. The van der Waals surface area contributed by atoms with Gasteiger partial charge in [0.2, 0.25) is 0 Å². The van der Waals surface area contributed by atoms with Gasteiger partial charge >= 0.3 is 0 Å². The number of aryl methyl sites for hydroxylation is 2. The molecule has 0 atom stereocenters. The first-order valence-electron chi connectivity index (χ1n) is 12.9. The van der Waals surface area contributed by atoms with Gasteiger partial charge in [-0.15, -0.1) is 0 Å². The van der Waals surface area contributed by atoms with Crippen LogP contribution in [-0.4, -0.2) is 61.7 Å². The van der Waals surface area contributed by atoms with Gasteiger partial charge in [0.1, 0.15) is 0 Å². The molecule has 1 fully saturated rings. The van der Waals surface area contributed by atoms with Crippen LogP contribution in [-0.2, 0) is 11.3 Å². The Balaban J connectivity index is 1.75. The number of nitrogens with zero attached hydrogens (tertiary/aromatic N) is 2. The summed E-state index contributed by atoms with van der Waals surface area (Å²) < 4.78 is 5.24. The van der Waals surface area contributed by atoms with Crippen molar-refractivity contribution in [1.82, 2.24) is 15.2 Å². The lowest BCUT2D eigenvalue weighted by atomic mass is 9.88. The van der Waals surface area contributed by atoms with Crippen molar-refractivity contribution in [3.8, 4) is 0 Å². The number of aromatic amines is 1. The molecule has 1 aromatic carbocycles. The largest absolute Gasteiger partial charge is 0.383 e. The lowest BCUT2D eigenvalue weighted by Crippen LogP contribution is -2.44. The Morgan fingerprint density at radius 2 is 1.81 bits per heavy atom. The monoisotopic (exact) mass is 516 g/mol. The quantitative estimate of drug-likeness (QED) is 0.482. The number of carbonyl (C=O) groups is 1. The van der Waals surface area contributed by atoms with E-state index in [-0.39, 0.29) is 18.0 Å². The molecule has 2 aromatic rings. The Bertz CT molecular complexity index is 1110. The third-order valence-electron chi connectivity index (χ3n) is 7.54. The van der Waals surface area contributed by atoms with E-state index in [9.17, 15) is 9.59 Å². The summed E-state index contributed by atoms with van der Waals surface area (Å²) in [5.74, 6) is -0.227. The van der Waals surface area contributed by atoms with Gasteiger partial charge < -0.3 is 24.8 Å². The molecule has 0 aliphatic heterocycles. The molecule has 1 aliphatic carbocycles. The fraction of sp³-hybridized carbons (Fsp3) is 0.571. The highest BCUT2D eigenvalue weighted by molar-refractivity contribution is 6.31. The predicted octanol–water partition coefficient (Wildman–Crippen LogP) is 4.60. The van der Waals surface area contributed by atoms with Crippen molar-refractivity contribution in [3.05, 3.63) is 61.5 Å². The highest BCUT2D eigenvalue weighted by Crippen LogP contribution is 2.34. The lowest BCUT2D eigenvalue weighted by Gasteiger charge is -2.41. The van der Waals surface area contributed by atoms with Gasteiger partial charge in [-0.1, -0.05) is 11.6 Å². The molecule has 0 unspecified atom stereocenters. The molecule has 36 heavy (non-hydrogen) atoms. The van der Waals surface area contributed by atoms with Crippen LogP contribution in [0, 0.1) is 20.8 Å². The number of halogens is 1. The minimum absolute atomic E-state index is 0.166. The van der Waals surface area contributed by atoms with Gasteiger partial charge in [-0.3, -0.25) is 9.59 Å². The molecule has 3 rings (SSSR count). The van der Waals surface area contributed by atoms with E-state index in [0.717, 1.165) is 67.9 Å². The molecule has 0 saturated heterocycles. The molecule has 0 radical (unpaired) electrons. The Kier molecular flexibility index (Phi) is 10.00. The topological polar surface area (TPSA) is 77.7 Å². The van der Waals surface area contributed by atoms with Crippen molar-refractivity contribution in [2.75, 3.05) is 38.8 Å². The molecule has 1 heterocycles. The fourth-order valence-corrected chi connectivity index (χ4v) is 5.63. The van der Waals surface area contributed by atoms with Crippen LogP contribution in [0.25, 0.3) is 0 Å². The predicted molar refractivity (Wildman–Crippen MR) is 147 cm³/mol. The maximum Gasteiger partial charge on any atom is 0.253 e. The third kappa shape index (κ3) is 6.69. The number of aromatic nitrogens is 1. The average molecular weight is 517 g/mol. The van der Waals surface area contributed by atoms with Gasteiger partial charge in [-0.2, -0.15) is 0 Å². The number of hydrogen-bond donors (Lipinski definition) is 2. The Labute approximate surface area is 220 Å². The van der Waals surface area contributed by atoms with E-state index in [0.29, 0.717) is 28.2 Å². The summed E-state index contributed by atoms with van der Waals surface area (Å²) in [5, 5.41) is 3.47. The second-order valence-corrected chi connectivity index (χ2v) is 10.4. The summed E-state index contributed by atoms with van der Waals surface area (Å²) in [7, 11) is 3.93. The number of pyridine rings is 1. The van der Waals surface area contributed by atoms with E-state index in [2.05, 4.69) is 34.1 Å². The summed E-state index contributed by atoms with van der Waals surface area (Å²) >= 11 is 6.52. The van der Waals surface area contributed by atoms with Crippen LogP contribution in [0.3, 0.4) is 0 Å². The number of methoxy groups -OCH3 is 1. The summed E-state index contributed by atoms with van der Waals surface area (Å²) in [6.45, 7) is 10.6. The smallest absolute Gasteiger partial charge is 0.253 e. The molecule has 1 aliphatic rings. The van der Waals surface area contributed by atoms with Gasteiger partial charge in [0.15, 0.2) is 0 Å². The molecule has 1 amide bonds. The van der Waals surface area contributed by atoms with Gasteiger partial charge in [0.25, 0.3) is 11.5 Å². The van der Waals surface area contributed by atoms with E-state index < -0.39 is 0 Å². The van der Waals surface area contributed by atoms with Crippen molar-refractivity contribution < 1.29 is 9.53 Å². The van der Waals surface area contributed by atoms with Crippen molar-refractivity contribution in [2.45, 2.75) is 72.0 Å². The first-order chi connectivity index (χ1) is 17.2. The molecular weight excluding hydrogens is 476 g/mol. The number of amides is 1. The first kappa shape index (κ1) is 28.2. The van der Waals surface area contributed by atoms with E-state index in [1.807, 2.05) is 32.9 Å². The van der Waals surface area contributed by atoms with Gasteiger partial charge in [-0.05, 0) is 89.8 Å². The zero-order chi connectivity index (χ0) is 26.4. The normalized spacial score (nSPS) is 17.9. The van der Waals surface area contributed by atoms with Gasteiger partial charge in [0, 0.05) is 66.4 Å². The number of nitrogens with one attached hydrogen (secondary N) is 2. The molecule has 2 N–H and O–H groups in total. The highest BCUT2D eigenvalue weighted by Gasteiger charge is 2.29. The van der Waals surface area contributed by atoms with E-state index >= 15 is 0 Å². The molecule has 0 spiro atoms. The van der Waals surface area contributed by atoms with E-state index in [1.54, 1.807) is 13.2 Å². The van der Waals surface area contributed by atoms with Crippen molar-refractivity contribution in [3.63, 3.8) is 0 Å². The Hall–Kier alpha value is -2.35.